The van der Waals surface area contributed by atoms with E-state index in [4.69, 9.17) is 26.2 Å². The molecule has 3 aromatic rings. The van der Waals surface area contributed by atoms with Gasteiger partial charge in [0.15, 0.2) is 0 Å². The van der Waals surface area contributed by atoms with Gasteiger partial charge in [0.05, 0.1) is 29.9 Å². The van der Waals surface area contributed by atoms with Gasteiger partial charge in [-0.15, -0.1) is 0 Å². The molecule has 8 nitrogen and oxygen atoms in total. The third-order valence-electron chi connectivity index (χ3n) is 6.42. The fourth-order valence-electron chi connectivity index (χ4n) is 4.42. The summed E-state index contributed by atoms with van der Waals surface area (Å²) in [6.45, 7) is 0.831. The maximum absolute atomic E-state index is 12.5. The topological polar surface area (TPSA) is 116 Å². The minimum Gasteiger partial charge on any atom is -0.506 e. The molecular weight excluding hydrogens is 584 g/mol. The minimum absolute atomic E-state index is 0.117. The standard InChI is InChI=1S/C24H25ClF3N3O3.C2HF3O2/c25-21-18(11-19(32)22-20(21)23(33)30-14-29-22)17-4-2-1-3-16(17)12-34-10-7-15-5-8-31(9-6-15)13-24(26,27)28;3-2(4,5)1(6)7/h1-4,11,14-15,32H,5-10,12-13H2,(H,29,30,33);(H,6,7). The summed E-state index contributed by atoms with van der Waals surface area (Å²) < 4.78 is 75.3. The first-order chi connectivity index (χ1) is 19.2. The fraction of sp³-hybridized carbons (Fsp3) is 0.423. The van der Waals surface area contributed by atoms with Gasteiger partial charge in [-0.05, 0) is 55.5 Å². The van der Waals surface area contributed by atoms with Crippen LogP contribution in [0.4, 0.5) is 26.3 Å². The van der Waals surface area contributed by atoms with E-state index in [2.05, 4.69) is 9.97 Å². The van der Waals surface area contributed by atoms with Crippen LogP contribution in [0.15, 0.2) is 41.5 Å². The van der Waals surface area contributed by atoms with Crippen LogP contribution in [0.25, 0.3) is 22.0 Å². The number of hydrogen-bond donors (Lipinski definition) is 3. The van der Waals surface area contributed by atoms with Crippen molar-refractivity contribution in [1.29, 1.82) is 0 Å². The number of hydrogen-bond acceptors (Lipinski definition) is 6. The van der Waals surface area contributed by atoms with Crippen LogP contribution in [-0.4, -0.2) is 69.6 Å². The Morgan fingerprint density at radius 1 is 1.12 bits per heavy atom. The highest BCUT2D eigenvalue weighted by atomic mass is 35.5. The Kier molecular flexibility index (Phi) is 10.6. The summed E-state index contributed by atoms with van der Waals surface area (Å²) in [5.74, 6) is -2.56. The fourth-order valence-corrected chi connectivity index (χ4v) is 4.76. The molecular formula is C26H26ClF6N3O5. The number of aliphatic carboxylic acids is 1. The van der Waals surface area contributed by atoms with E-state index in [1.165, 1.54) is 17.3 Å². The second-order valence-electron chi connectivity index (χ2n) is 9.35. The first kappa shape index (κ1) is 32.2. The zero-order chi connectivity index (χ0) is 30.4. The summed E-state index contributed by atoms with van der Waals surface area (Å²) in [7, 11) is 0. The molecule has 1 aliphatic rings. The molecule has 224 valence electrons. The number of nitrogens with zero attached hydrogens (tertiary/aromatic N) is 2. The van der Waals surface area contributed by atoms with Crippen LogP contribution >= 0.6 is 11.6 Å². The maximum atomic E-state index is 12.5. The van der Waals surface area contributed by atoms with Crippen LogP contribution in [0.2, 0.25) is 5.02 Å². The molecule has 1 aromatic heterocycles. The summed E-state index contributed by atoms with van der Waals surface area (Å²) in [6.07, 6.45) is -5.80. The maximum Gasteiger partial charge on any atom is 0.490 e. The summed E-state index contributed by atoms with van der Waals surface area (Å²) in [5.41, 5.74) is 1.76. The molecule has 0 atom stereocenters. The number of benzene rings is 2. The molecule has 41 heavy (non-hydrogen) atoms. The van der Waals surface area contributed by atoms with Crippen molar-refractivity contribution in [3.63, 3.8) is 0 Å². The lowest BCUT2D eigenvalue weighted by atomic mass is 9.94. The first-order valence-electron chi connectivity index (χ1n) is 12.3. The average molecular weight is 610 g/mol. The summed E-state index contributed by atoms with van der Waals surface area (Å²) >= 11 is 6.55. The van der Waals surface area contributed by atoms with Gasteiger partial charge in [-0.1, -0.05) is 35.9 Å². The SMILES string of the molecule is O=C(O)C(F)(F)F.O=c1[nH]cnc2c(O)cc(-c3ccccc3COCCC3CCN(CC(F)(F)F)CC3)c(Cl)c12. The van der Waals surface area contributed by atoms with Gasteiger partial charge < -0.3 is 19.9 Å². The molecule has 1 aliphatic heterocycles. The number of likely N-dealkylation sites (tertiary alicyclic amines) is 1. The van der Waals surface area contributed by atoms with Crippen LogP contribution in [-0.2, 0) is 16.1 Å². The van der Waals surface area contributed by atoms with Crippen LogP contribution < -0.4 is 5.56 Å². The number of rotatable bonds is 7. The van der Waals surface area contributed by atoms with Gasteiger partial charge in [0.2, 0.25) is 0 Å². The van der Waals surface area contributed by atoms with Crippen molar-refractivity contribution in [2.75, 3.05) is 26.2 Å². The highest BCUT2D eigenvalue weighted by molar-refractivity contribution is 6.38. The number of aromatic hydroxyl groups is 1. The summed E-state index contributed by atoms with van der Waals surface area (Å²) in [6, 6.07) is 8.91. The number of aromatic amines is 1. The van der Waals surface area contributed by atoms with Crippen LogP contribution in [0.1, 0.15) is 24.8 Å². The van der Waals surface area contributed by atoms with E-state index in [-0.39, 0.29) is 21.7 Å². The number of halogens is 7. The van der Waals surface area contributed by atoms with Crippen molar-refractivity contribution in [2.45, 2.75) is 38.2 Å². The Morgan fingerprint density at radius 2 is 1.76 bits per heavy atom. The molecule has 0 spiro atoms. The van der Waals surface area contributed by atoms with Crippen molar-refractivity contribution in [3.8, 4) is 16.9 Å². The quantitative estimate of drug-likeness (QED) is 0.230. The predicted octanol–water partition coefficient (Wildman–Crippen LogP) is 5.76. The van der Waals surface area contributed by atoms with Crippen molar-refractivity contribution in [1.82, 2.24) is 14.9 Å². The number of ether oxygens (including phenoxy) is 1. The van der Waals surface area contributed by atoms with Gasteiger partial charge >= 0.3 is 18.3 Å². The van der Waals surface area contributed by atoms with Gasteiger partial charge in [0, 0.05) is 12.2 Å². The molecule has 0 aliphatic carbocycles. The van der Waals surface area contributed by atoms with Crippen LogP contribution in [0, 0.1) is 5.92 Å². The lowest BCUT2D eigenvalue weighted by molar-refractivity contribution is -0.192. The predicted molar refractivity (Wildman–Crippen MR) is 138 cm³/mol. The second-order valence-corrected chi connectivity index (χ2v) is 9.73. The van der Waals surface area contributed by atoms with E-state index in [9.17, 15) is 36.2 Å². The number of alkyl halides is 6. The van der Waals surface area contributed by atoms with E-state index in [1.54, 1.807) is 0 Å². The Bertz CT molecular complexity index is 1410. The molecule has 4 rings (SSSR count). The van der Waals surface area contributed by atoms with Gasteiger partial charge in [0.25, 0.3) is 5.56 Å². The third kappa shape index (κ3) is 9.07. The molecule has 1 fully saturated rings. The van der Waals surface area contributed by atoms with Crippen LogP contribution in [0.3, 0.4) is 0 Å². The largest absolute Gasteiger partial charge is 0.506 e. The van der Waals surface area contributed by atoms with Crippen LogP contribution in [0.5, 0.6) is 5.75 Å². The van der Waals surface area contributed by atoms with Crippen molar-refractivity contribution < 1.29 is 46.1 Å². The lowest BCUT2D eigenvalue weighted by Gasteiger charge is -2.32. The lowest BCUT2D eigenvalue weighted by Crippen LogP contribution is -2.40. The smallest absolute Gasteiger partial charge is 0.490 e. The number of H-pyrrole nitrogens is 1. The molecule has 0 bridgehead atoms. The van der Waals surface area contributed by atoms with Gasteiger partial charge in [0.1, 0.15) is 11.3 Å². The number of carbonyl (C=O) groups is 1. The van der Waals surface area contributed by atoms with Crippen molar-refractivity contribution in [2.24, 2.45) is 5.92 Å². The Balaban J connectivity index is 0.000000587. The average Bonchev–Trinajstić information content (AvgIpc) is 2.89. The number of aromatic nitrogens is 2. The monoisotopic (exact) mass is 609 g/mol. The number of phenolic OH excluding ortho intramolecular Hbond substituents is 1. The Labute approximate surface area is 234 Å². The molecule has 0 saturated carbocycles. The Morgan fingerprint density at radius 3 is 2.37 bits per heavy atom. The van der Waals surface area contributed by atoms with E-state index in [0.717, 1.165) is 30.4 Å². The highest BCUT2D eigenvalue weighted by Gasteiger charge is 2.38. The van der Waals surface area contributed by atoms with Crippen molar-refractivity contribution in [3.05, 3.63) is 57.6 Å². The van der Waals surface area contributed by atoms with Gasteiger partial charge in [-0.3, -0.25) is 9.69 Å². The normalized spacial score (nSPS) is 15.0. The highest BCUT2D eigenvalue weighted by Crippen LogP contribution is 2.38. The zero-order valence-electron chi connectivity index (χ0n) is 21.4. The minimum atomic E-state index is -5.08. The van der Waals surface area contributed by atoms with Crippen molar-refractivity contribution >= 4 is 28.5 Å². The number of piperidine rings is 1. The number of fused-ring (bicyclic) bond motifs is 1. The van der Waals surface area contributed by atoms with E-state index in [1.807, 2.05) is 24.3 Å². The number of carboxylic acid groups (broad SMARTS) is 1. The number of nitrogens with one attached hydrogen (secondary N) is 1. The second kappa shape index (κ2) is 13.5. The molecule has 15 heteroatoms. The summed E-state index contributed by atoms with van der Waals surface area (Å²) in [5, 5.41) is 17.9. The molecule has 1 saturated heterocycles. The number of phenols is 1. The molecule has 3 N–H and O–H groups in total. The zero-order valence-corrected chi connectivity index (χ0v) is 22.1. The van der Waals surface area contributed by atoms with Gasteiger partial charge in [-0.2, -0.15) is 26.3 Å². The molecule has 0 unspecified atom stereocenters. The van der Waals surface area contributed by atoms with E-state index in [0.29, 0.717) is 37.8 Å². The molecule has 2 aromatic carbocycles. The first-order valence-corrected chi connectivity index (χ1v) is 12.7. The van der Waals surface area contributed by atoms with Gasteiger partial charge in [-0.25, -0.2) is 9.78 Å². The third-order valence-corrected chi connectivity index (χ3v) is 6.81. The summed E-state index contributed by atoms with van der Waals surface area (Å²) in [4.78, 5) is 29.1. The molecule has 0 amide bonds. The number of carboxylic acids is 1. The Hall–Kier alpha value is -3.36. The molecule has 0 radical (unpaired) electrons. The van der Waals surface area contributed by atoms with E-state index < -0.39 is 30.4 Å². The van der Waals surface area contributed by atoms with E-state index >= 15 is 0 Å². The molecule has 2 heterocycles.